The fourth-order valence-electron chi connectivity index (χ4n) is 3.77. The predicted octanol–water partition coefficient (Wildman–Crippen LogP) is 2.79. The van der Waals surface area contributed by atoms with Crippen molar-refractivity contribution < 1.29 is 9.53 Å². The van der Waals surface area contributed by atoms with Gasteiger partial charge in [0.05, 0.1) is 12.0 Å². The van der Waals surface area contributed by atoms with E-state index in [1.807, 2.05) is 11.0 Å². The first-order valence-corrected chi connectivity index (χ1v) is 8.94. The summed E-state index contributed by atoms with van der Waals surface area (Å²) in [5, 5.41) is 0. The van der Waals surface area contributed by atoms with E-state index in [1.165, 1.54) is 5.56 Å². The summed E-state index contributed by atoms with van der Waals surface area (Å²) in [4.78, 5) is 14.5. The van der Waals surface area contributed by atoms with Crippen LogP contribution in [0.5, 0.6) is 0 Å². The number of carbonyl (C=O) groups is 1. The van der Waals surface area contributed by atoms with Crippen LogP contribution in [0.3, 0.4) is 0 Å². The Morgan fingerprint density at radius 2 is 2.00 bits per heavy atom. The molecule has 0 radical (unpaired) electrons. The Morgan fingerprint density at radius 1 is 1.21 bits per heavy atom. The van der Waals surface area contributed by atoms with Crippen LogP contribution in [0, 0.1) is 5.92 Å². The zero-order valence-electron chi connectivity index (χ0n) is 14.2. The molecular weight excluding hydrogens is 324 g/mol. The molecule has 1 aromatic rings. The van der Waals surface area contributed by atoms with Crippen molar-refractivity contribution in [1.82, 2.24) is 4.90 Å². The van der Waals surface area contributed by atoms with E-state index in [0.29, 0.717) is 0 Å². The zero-order chi connectivity index (χ0) is 16.1. The SMILES string of the molecule is Cl.NC1CCCC1C(=O)N1CCC(OCCCc2ccccc2)C1. The van der Waals surface area contributed by atoms with Crippen LogP contribution in [-0.2, 0) is 16.0 Å². The summed E-state index contributed by atoms with van der Waals surface area (Å²) in [6.07, 6.45) is 6.27. The van der Waals surface area contributed by atoms with E-state index in [-0.39, 0.29) is 36.4 Å². The third-order valence-corrected chi connectivity index (χ3v) is 5.15. The van der Waals surface area contributed by atoms with Crippen LogP contribution in [0.2, 0.25) is 0 Å². The molecule has 0 spiro atoms. The molecule has 1 aromatic carbocycles. The molecule has 1 amide bonds. The molecule has 2 aliphatic rings. The van der Waals surface area contributed by atoms with E-state index in [4.69, 9.17) is 10.5 Å². The van der Waals surface area contributed by atoms with Crippen LogP contribution in [-0.4, -0.2) is 42.6 Å². The van der Waals surface area contributed by atoms with Crippen molar-refractivity contribution in [3.05, 3.63) is 35.9 Å². The van der Waals surface area contributed by atoms with Gasteiger partial charge in [0.15, 0.2) is 0 Å². The molecule has 4 nitrogen and oxygen atoms in total. The Labute approximate surface area is 151 Å². The second kappa shape index (κ2) is 9.40. The highest BCUT2D eigenvalue weighted by atomic mass is 35.5. The van der Waals surface area contributed by atoms with Crippen molar-refractivity contribution in [3.63, 3.8) is 0 Å². The van der Waals surface area contributed by atoms with Crippen molar-refractivity contribution in [2.75, 3.05) is 19.7 Å². The van der Waals surface area contributed by atoms with Crippen molar-refractivity contribution in [2.45, 2.75) is 50.7 Å². The molecule has 3 atom stereocenters. The predicted molar refractivity (Wildman–Crippen MR) is 98.3 cm³/mol. The molecule has 1 heterocycles. The average molecular weight is 353 g/mol. The number of hydrogen-bond donors (Lipinski definition) is 1. The number of halogens is 1. The lowest BCUT2D eigenvalue weighted by Crippen LogP contribution is -2.41. The van der Waals surface area contributed by atoms with Gasteiger partial charge in [0.1, 0.15) is 0 Å². The number of nitrogens with two attached hydrogens (primary N) is 1. The van der Waals surface area contributed by atoms with E-state index in [1.54, 1.807) is 0 Å². The Morgan fingerprint density at radius 3 is 2.71 bits per heavy atom. The minimum atomic E-state index is 0. The summed E-state index contributed by atoms with van der Waals surface area (Å²) < 4.78 is 5.97. The van der Waals surface area contributed by atoms with Gasteiger partial charge in [-0.15, -0.1) is 12.4 Å². The number of nitrogens with zero attached hydrogens (tertiary/aromatic N) is 1. The summed E-state index contributed by atoms with van der Waals surface area (Å²) in [5.74, 6) is 0.303. The van der Waals surface area contributed by atoms with Crippen molar-refractivity contribution in [1.29, 1.82) is 0 Å². The molecule has 0 aromatic heterocycles. The van der Waals surface area contributed by atoms with Crippen LogP contribution in [0.25, 0.3) is 0 Å². The van der Waals surface area contributed by atoms with E-state index in [0.717, 1.165) is 58.2 Å². The maximum atomic E-state index is 12.5. The van der Waals surface area contributed by atoms with Crippen molar-refractivity contribution in [2.24, 2.45) is 11.7 Å². The first kappa shape index (κ1) is 19.2. The number of likely N-dealkylation sites (tertiary alicyclic amines) is 1. The lowest BCUT2D eigenvalue weighted by Gasteiger charge is -2.23. The normalized spacial score (nSPS) is 26.4. The summed E-state index contributed by atoms with van der Waals surface area (Å²) in [6, 6.07) is 10.6. The molecule has 1 aliphatic heterocycles. The van der Waals surface area contributed by atoms with E-state index in [9.17, 15) is 4.79 Å². The number of benzene rings is 1. The molecule has 5 heteroatoms. The number of aryl methyl sites for hydroxylation is 1. The topological polar surface area (TPSA) is 55.6 Å². The van der Waals surface area contributed by atoms with Gasteiger partial charge >= 0.3 is 0 Å². The number of hydrogen-bond acceptors (Lipinski definition) is 3. The number of ether oxygens (including phenoxy) is 1. The molecule has 3 unspecified atom stereocenters. The summed E-state index contributed by atoms with van der Waals surface area (Å²) in [6.45, 7) is 2.34. The number of carbonyl (C=O) groups excluding carboxylic acids is 1. The lowest BCUT2D eigenvalue weighted by molar-refractivity contribution is -0.135. The molecule has 3 rings (SSSR count). The first-order valence-electron chi connectivity index (χ1n) is 8.94. The van der Waals surface area contributed by atoms with Crippen LogP contribution in [0.1, 0.15) is 37.7 Å². The molecule has 0 bridgehead atoms. The molecular formula is C19H29ClN2O2. The van der Waals surface area contributed by atoms with Gasteiger partial charge in [-0.05, 0) is 37.7 Å². The van der Waals surface area contributed by atoms with Gasteiger partial charge in [-0.3, -0.25) is 4.79 Å². The third kappa shape index (κ3) is 4.95. The highest BCUT2D eigenvalue weighted by Gasteiger charge is 2.36. The summed E-state index contributed by atoms with van der Waals surface area (Å²) in [5.41, 5.74) is 7.41. The largest absolute Gasteiger partial charge is 0.376 e. The smallest absolute Gasteiger partial charge is 0.227 e. The van der Waals surface area contributed by atoms with Crippen molar-refractivity contribution >= 4 is 18.3 Å². The maximum absolute atomic E-state index is 12.5. The van der Waals surface area contributed by atoms with E-state index >= 15 is 0 Å². The average Bonchev–Trinajstić information content (AvgIpc) is 3.21. The number of rotatable bonds is 6. The first-order chi connectivity index (χ1) is 11.2. The van der Waals surface area contributed by atoms with E-state index in [2.05, 4.69) is 24.3 Å². The zero-order valence-corrected chi connectivity index (χ0v) is 15.0. The quantitative estimate of drug-likeness (QED) is 0.801. The highest BCUT2D eigenvalue weighted by Crippen LogP contribution is 2.27. The standard InChI is InChI=1S/C19H28N2O2.ClH/c20-18-10-4-9-17(18)19(22)21-12-11-16(14-21)23-13-5-8-15-6-2-1-3-7-15;/h1-3,6-7,16-18H,4-5,8-14,20H2;1H. The maximum Gasteiger partial charge on any atom is 0.227 e. The number of amides is 1. The van der Waals surface area contributed by atoms with Gasteiger partial charge in [0.2, 0.25) is 5.91 Å². The van der Waals surface area contributed by atoms with Crippen LogP contribution >= 0.6 is 12.4 Å². The van der Waals surface area contributed by atoms with Gasteiger partial charge in [0.25, 0.3) is 0 Å². The monoisotopic (exact) mass is 352 g/mol. The molecule has 1 saturated carbocycles. The second-order valence-corrected chi connectivity index (χ2v) is 6.86. The van der Waals surface area contributed by atoms with Crippen LogP contribution in [0.15, 0.2) is 30.3 Å². The highest BCUT2D eigenvalue weighted by molar-refractivity contribution is 5.85. The second-order valence-electron chi connectivity index (χ2n) is 6.86. The van der Waals surface area contributed by atoms with Gasteiger partial charge in [-0.25, -0.2) is 0 Å². The molecule has 24 heavy (non-hydrogen) atoms. The Balaban J connectivity index is 0.00000208. The van der Waals surface area contributed by atoms with Gasteiger partial charge < -0.3 is 15.4 Å². The van der Waals surface area contributed by atoms with Gasteiger partial charge in [0, 0.05) is 25.7 Å². The van der Waals surface area contributed by atoms with E-state index < -0.39 is 0 Å². The molecule has 1 aliphatic carbocycles. The van der Waals surface area contributed by atoms with Crippen LogP contribution < -0.4 is 5.73 Å². The Kier molecular flexibility index (Phi) is 7.53. The fraction of sp³-hybridized carbons (Fsp3) is 0.632. The summed E-state index contributed by atoms with van der Waals surface area (Å²) >= 11 is 0. The van der Waals surface area contributed by atoms with Gasteiger partial charge in [-0.1, -0.05) is 36.8 Å². The Bertz CT molecular complexity index is 511. The lowest BCUT2D eigenvalue weighted by atomic mass is 10.0. The van der Waals surface area contributed by atoms with Gasteiger partial charge in [-0.2, -0.15) is 0 Å². The fourth-order valence-corrected chi connectivity index (χ4v) is 3.77. The molecule has 134 valence electrons. The molecule has 2 N–H and O–H groups in total. The van der Waals surface area contributed by atoms with Crippen molar-refractivity contribution in [3.8, 4) is 0 Å². The minimum Gasteiger partial charge on any atom is -0.376 e. The molecule has 2 fully saturated rings. The summed E-state index contributed by atoms with van der Waals surface area (Å²) in [7, 11) is 0. The molecule has 1 saturated heterocycles. The Hall–Kier alpha value is -1.10. The van der Waals surface area contributed by atoms with Crippen LogP contribution in [0.4, 0.5) is 0 Å². The minimum absolute atomic E-state index is 0. The third-order valence-electron chi connectivity index (χ3n) is 5.15.